The molecule has 1 aliphatic carbocycles. The standard InChI is InChI=1S/C17H28N4OS/c1-13(2)12-21-15(19-20-17(21)23-3)9-6-10-18-16(22)11-14-7-4-5-8-14/h4,7,13-14H,5-6,8-12H2,1-3H3,(H,18,22). The lowest BCUT2D eigenvalue weighted by molar-refractivity contribution is -0.121. The quantitative estimate of drug-likeness (QED) is 0.428. The van der Waals surface area contributed by atoms with Gasteiger partial charge >= 0.3 is 0 Å². The van der Waals surface area contributed by atoms with Crippen molar-refractivity contribution < 1.29 is 4.79 Å². The smallest absolute Gasteiger partial charge is 0.220 e. The lowest BCUT2D eigenvalue weighted by Gasteiger charge is -2.12. The molecule has 1 aromatic heterocycles. The summed E-state index contributed by atoms with van der Waals surface area (Å²) in [5, 5.41) is 12.6. The first-order chi connectivity index (χ1) is 11.1. The number of aryl methyl sites for hydroxylation is 1. The zero-order valence-corrected chi connectivity index (χ0v) is 15.2. The predicted octanol–water partition coefficient (Wildman–Crippen LogP) is 3.06. The number of amides is 1. The molecule has 1 aromatic rings. The summed E-state index contributed by atoms with van der Waals surface area (Å²) in [7, 11) is 0. The number of hydrogen-bond acceptors (Lipinski definition) is 4. The number of carbonyl (C=O) groups is 1. The van der Waals surface area contributed by atoms with Gasteiger partial charge in [-0.15, -0.1) is 10.2 Å². The van der Waals surface area contributed by atoms with Crippen molar-refractivity contribution in [2.75, 3.05) is 12.8 Å². The number of rotatable bonds is 9. The van der Waals surface area contributed by atoms with Gasteiger partial charge in [-0.2, -0.15) is 0 Å². The summed E-state index contributed by atoms with van der Waals surface area (Å²) in [5.74, 6) is 2.19. The van der Waals surface area contributed by atoms with E-state index in [4.69, 9.17) is 0 Å². The van der Waals surface area contributed by atoms with Crippen molar-refractivity contribution in [2.24, 2.45) is 11.8 Å². The first-order valence-corrected chi connectivity index (χ1v) is 9.72. The Morgan fingerprint density at radius 3 is 2.96 bits per heavy atom. The third-order valence-electron chi connectivity index (χ3n) is 3.98. The van der Waals surface area contributed by atoms with Gasteiger partial charge in [0.05, 0.1) is 0 Å². The summed E-state index contributed by atoms with van der Waals surface area (Å²) >= 11 is 1.63. The Kier molecular flexibility index (Phi) is 7.15. The van der Waals surface area contributed by atoms with E-state index in [1.54, 1.807) is 11.8 Å². The summed E-state index contributed by atoms with van der Waals surface area (Å²) in [4.78, 5) is 11.9. The second kappa shape index (κ2) is 9.11. The largest absolute Gasteiger partial charge is 0.356 e. The van der Waals surface area contributed by atoms with Gasteiger partial charge in [-0.05, 0) is 37.4 Å². The number of thioether (sulfide) groups is 1. The zero-order chi connectivity index (χ0) is 16.7. The van der Waals surface area contributed by atoms with Gasteiger partial charge in [0.2, 0.25) is 5.91 Å². The Bertz CT molecular complexity index is 539. The van der Waals surface area contributed by atoms with E-state index >= 15 is 0 Å². The van der Waals surface area contributed by atoms with Gasteiger partial charge in [-0.3, -0.25) is 4.79 Å². The summed E-state index contributed by atoms with van der Waals surface area (Å²) < 4.78 is 2.21. The first kappa shape index (κ1) is 18.0. The lowest BCUT2D eigenvalue weighted by atomic mass is 10.1. The van der Waals surface area contributed by atoms with Crippen LogP contribution in [0, 0.1) is 11.8 Å². The fourth-order valence-electron chi connectivity index (χ4n) is 2.85. The molecule has 2 rings (SSSR count). The minimum Gasteiger partial charge on any atom is -0.356 e. The number of hydrogen-bond donors (Lipinski definition) is 1. The van der Waals surface area contributed by atoms with Crippen molar-refractivity contribution in [3.05, 3.63) is 18.0 Å². The van der Waals surface area contributed by atoms with Gasteiger partial charge in [0.15, 0.2) is 5.16 Å². The Morgan fingerprint density at radius 2 is 2.30 bits per heavy atom. The summed E-state index contributed by atoms with van der Waals surface area (Å²) in [6.45, 7) is 6.05. The molecule has 1 N–H and O–H groups in total. The molecule has 1 aliphatic rings. The molecule has 1 atom stereocenters. The van der Waals surface area contributed by atoms with Crippen LogP contribution >= 0.6 is 11.8 Å². The van der Waals surface area contributed by atoms with E-state index < -0.39 is 0 Å². The van der Waals surface area contributed by atoms with Crippen LogP contribution in [0.5, 0.6) is 0 Å². The highest BCUT2D eigenvalue weighted by molar-refractivity contribution is 7.98. The van der Waals surface area contributed by atoms with Crippen LogP contribution in [0.2, 0.25) is 0 Å². The Hall–Kier alpha value is -1.30. The van der Waals surface area contributed by atoms with Crippen molar-refractivity contribution in [2.45, 2.75) is 57.7 Å². The van der Waals surface area contributed by atoms with E-state index in [1.807, 2.05) is 6.26 Å². The number of nitrogens with zero attached hydrogens (tertiary/aromatic N) is 3. The Morgan fingerprint density at radius 1 is 1.48 bits per heavy atom. The SMILES string of the molecule is CSc1nnc(CCCNC(=O)CC2C=CCC2)n1CC(C)C. The minimum absolute atomic E-state index is 0.162. The molecular formula is C17H28N4OS. The second-order valence-corrected chi connectivity index (χ2v) is 7.30. The molecule has 0 bridgehead atoms. The average molecular weight is 337 g/mol. The molecule has 0 saturated heterocycles. The molecule has 0 fully saturated rings. The van der Waals surface area contributed by atoms with Crippen molar-refractivity contribution in [1.82, 2.24) is 20.1 Å². The molecular weight excluding hydrogens is 308 g/mol. The highest BCUT2D eigenvalue weighted by Crippen LogP contribution is 2.20. The second-order valence-electron chi connectivity index (χ2n) is 6.53. The predicted molar refractivity (Wildman–Crippen MR) is 94.5 cm³/mol. The fraction of sp³-hybridized carbons (Fsp3) is 0.706. The summed E-state index contributed by atoms with van der Waals surface area (Å²) in [5.41, 5.74) is 0. The third kappa shape index (κ3) is 5.68. The van der Waals surface area contributed by atoms with E-state index in [9.17, 15) is 4.79 Å². The van der Waals surface area contributed by atoms with E-state index in [0.717, 1.165) is 43.2 Å². The minimum atomic E-state index is 0.162. The van der Waals surface area contributed by atoms with Crippen LogP contribution in [0.1, 0.15) is 45.4 Å². The topological polar surface area (TPSA) is 59.8 Å². The van der Waals surface area contributed by atoms with E-state index in [1.165, 1.54) is 0 Å². The molecule has 0 aliphatic heterocycles. The molecule has 0 radical (unpaired) electrons. The van der Waals surface area contributed by atoms with E-state index in [-0.39, 0.29) is 5.91 Å². The molecule has 1 unspecified atom stereocenters. The van der Waals surface area contributed by atoms with Gasteiger partial charge < -0.3 is 9.88 Å². The van der Waals surface area contributed by atoms with Gasteiger partial charge in [0, 0.05) is 25.9 Å². The van der Waals surface area contributed by atoms with Crippen molar-refractivity contribution in [3.8, 4) is 0 Å². The van der Waals surface area contributed by atoms with Gasteiger partial charge in [-0.25, -0.2) is 0 Å². The highest BCUT2D eigenvalue weighted by Gasteiger charge is 2.14. The zero-order valence-electron chi connectivity index (χ0n) is 14.4. The first-order valence-electron chi connectivity index (χ1n) is 8.49. The number of nitrogens with one attached hydrogen (secondary N) is 1. The maximum atomic E-state index is 11.9. The fourth-order valence-corrected chi connectivity index (χ4v) is 3.38. The Balaban J connectivity index is 1.74. The summed E-state index contributed by atoms with van der Waals surface area (Å²) in [6, 6.07) is 0. The van der Waals surface area contributed by atoms with Crippen LogP contribution in [-0.2, 0) is 17.8 Å². The molecule has 0 aromatic carbocycles. The Labute approximate surface area is 143 Å². The number of allylic oxidation sites excluding steroid dienone is 2. The lowest BCUT2D eigenvalue weighted by Crippen LogP contribution is -2.26. The van der Waals surface area contributed by atoms with Crippen LogP contribution in [0.25, 0.3) is 0 Å². The van der Waals surface area contributed by atoms with Crippen LogP contribution in [0.4, 0.5) is 0 Å². The molecule has 1 heterocycles. The van der Waals surface area contributed by atoms with E-state index in [2.05, 4.69) is 46.1 Å². The van der Waals surface area contributed by atoms with Crippen LogP contribution in [0.15, 0.2) is 17.3 Å². The highest BCUT2D eigenvalue weighted by atomic mass is 32.2. The van der Waals surface area contributed by atoms with Crippen LogP contribution in [-0.4, -0.2) is 33.5 Å². The molecule has 6 heteroatoms. The normalized spacial score (nSPS) is 17.1. The van der Waals surface area contributed by atoms with Crippen LogP contribution < -0.4 is 5.32 Å². The molecule has 1 amide bonds. The van der Waals surface area contributed by atoms with Gasteiger partial charge in [0.1, 0.15) is 5.82 Å². The van der Waals surface area contributed by atoms with Crippen LogP contribution in [0.3, 0.4) is 0 Å². The van der Waals surface area contributed by atoms with Crippen molar-refractivity contribution >= 4 is 17.7 Å². The molecule has 5 nitrogen and oxygen atoms in total. The maximum Gasteiger partial charge on any atom is 0.220 e. The van der Waals surface area contributed by atoms with Gasteiger partial charge in [0.25, 0.3) is 0 Å². The molecule has 23 heavy (non-hydrogen) atoms. The van der Waals surface area contributed by atoms with Gasteiger partial charge in [-0.1, -0.05) is 37.8 Å². The van der Waals surface area contributed by atoms with E-state index in [0.29, 0.717) is 24.8 Å². The van der Waals surface area contributed by atoms with Crippen molar-refractivity contribution in [3.63, 3.8) is 0 Å². The number of aromatic nitrogens is 3. The number of carbonyl (C=O) groups excluding carboxylic acids is 1. The maximum absolute atomic E-state index is 11.9. The molecule has 128 valence electrons. The average Bonchev–Trinajstić information content (AvgIpc) is 3.13. The monoisotopic (exact) mass is 336 g/mol. The molecule has 0 spiro atoms. The molecule has 0 saturated carbocycles. The third-order valence-corrected chi connectivity index (χ3v) is 4.65. The summed E-state index contributed by atoms with van der Waals surface area (Å²) in [6.07, 6.45) is 11.0. The van der Waals surface area contributed by atoms with Crippen molar-refractivity contribution in [1.29, 1.82) is 0 Å².